The number of benzene rings is 2. The third-order valence-corrected chi connectivity index (χ3v) is 3.17. The van der Waals surface area contributed by atoms with Crippen LogP contribution in [-0.2, 0) is 4.79 Å². The Labute approximate surface area is 137 Å². The largest absolute Gasteiger partial charge is 0.496 e. The van der Waals surface area contributed by atoms with Gasteiger partial charge >= 0.3 is 0 Å². The Kier molecular flexibility index (Phi) is 5.32. The fourth-order valence-electron chi connectivity index (χ4n) is 1.88. The van der Waals surface area contributed by atoms with Gasteiger partial charge in [0.1, 0.15) is 5.75 Å². The first-order valence-corrected chi connectivity index (χ1v) is 6.94. The highest BCUT2D eigenvalue weighted by molar-refractivity contribution is 6.30. The highest BCUT2D eigenvalue weighted by atomic mass is 35.5. The zero-order chi connectivity index (χ0) is 16.8. The summed E-state index contributed by atoms with van der Waals surface area (Å²) < 4.78 is 5.18. The second-order valence-corrected chi connectivity index (χ2v) is 4.95. The van der Waals surface area contributed by atoms with Crippen LogP contribution in [-0.4, -0.2) is 17.9 Å². The van der Waals surface area contributed by atoms with Crippen LogP contribution in [0.2, 0.25) is 5.02 Å². The second kappa shape index (κ2) is 7.42. The number of hydrogen-bond acceptors (Lipinski definition) is 4. The summed E-state index contributed by atoms with van der Waals surface area (Å²) in [6.07, 6.45) is 2.85. The minimum atomic E-state index is -0.525. The van der Waals surface area contributed by atoms with Gasteiger partial charge in [0.2, 0.25) is 5.91 Å². The van der Waals surface area contributed by atoms with E-state index in [0.717, 1.165) is 0 Å². The van der Waals surface area contributed by atoms with Crippen molar-refractivity contribution >= 4 is 35.0 Å². The van der Waals surface area contributed by atoms with Crippen LogP contribution in [0.4, 0.5) is 11.4 Å². The maximum atomic E-state index is 11.9. The smallest absolute Gasteiger partial charge is 0.271 e. The van der Waals surface area contributed by atoms with E-state index in [9.17, 15) is 14.9 Å². The van der Waals surface area contributed by atoms with Crippen molar-refractivity contribution < 1.29 is 14.5 Å². The molecule has 0 bridgehead atoms. The Morgan fingerprint density at radius 1 is 1.30 bits per heavy atom. The van der Waals surface area contributed by atoms with Crippen LogP contribution in [0, 0.1) is 10.1 Å². The van der Waals surface area contributed by atoms with Crippen molar-refractivity contribution in [3.63, 3.8) is 0 Å². The first-order chi connectivity index (χ1) is 11.0. The van der Waals surface area contributed by atoms with E-state index in [4.69, 9.17) is 16.3 Å². The Bertz CT molecular complexity index is 774. The van der Waals surface area contributed by atoms with E-state index in [1.54, 1.807) is 30.3 Å². The number of methoxy groups -OCH3 is 1. The molecule has 7 heteroatoms. The number of nitro benzene ring substituents is 1. The number of halogens is 1. The van der Waals surface area contributed by atoms with Crippen molar-refractivity contribution in [1.29, 1.82) is 0 Å². The van der Waals surface area contributed by atoms with Gasteiger partial charge in [0.15, 0.2) is 0 Å². The zero-order valence-electron chi connectivity index (χ0n) is 12.2. The molecular formula is C16H13ClN2O4. The van der Waals surface area contributed by atoms with E-state index >= 15 is 0 Å². The van der Waals surface area contributed by atoms with Crippen molar-refractivity contribution in [2.75, 3.05) is 12.4 Å². The van der Waals surface area contributed by atoms with E-state index < -0.39 is 10.8 Å². The molecule has 1 N–H and O–H groups in total. The number of nitrogens with zero attached hydrogens (tertiary/aromatic N) is 1. The first-order valence-electron chi connectivity index (χ1n) is 6.56. The summed E-state index contributed by atoms with van der Waals surface area (Å²) in [5.74, 6) is 0.154. The summed E-state index contributed by atoms with van der Waals surface area (Å²) in [7, 11) is 1.52. The molecule has 0 aliphatic rings. The van der Waals surface area contributed by atoms with E-state index in [-0.39, 0.29) is 5.69 Å². The molecule has 0 radical (unpaired) electrons. The standard InChI is InChI=1S/C16H13ClN2O4/c1-23-15-7-6-12(17)9-11(15)5-8-16(20)18-13-3-2-4-14(10-13)19(21)22/h2-10H,1H3,(H,18,20)/b8-5+. The summed E-state index contributed by atoms with van der Waals surface area (Å²) in [6, 6.07) is 10.7. The molecule has 6 nitrogen and oxygen atoms in total. The third-order valence-electron chi connectivity index (χ3n) is 2.93. The monoisotopic (exact) mass is 332 g/mol. The Morgan fingerprint density at radius 3 is 2.78 bits per heavy atom. The van der Waals surface area contributed by atoms with Gasteiger partial charge in [-0.1, -0.05) is 17.7 Å². The fourth-order valence-corrected chi connectivity index (χ4v) is 2.06. The van der Waals surface area contributed by atoms with Crippen molar-refractivity contribution in [3.05, 3.63) is 69.2 Å². The van der Waals surface area contributed by atoms with E-state index in [1.165, 1.54) is 31.4 Å². The third kappa shape index (κ3) is 4.55. The normalized spacial score (nSPS) is 10.5. The molecule has 0 spiro atoms. The second-order valence-electron chi connectivity index (χ2n) is 4.52. The molecule has 0 aliphatic carbocycles. The van der Waals surface area contributed by atoms with Gasteiger partial charge in [-0.05, 0) is 30.3 Å². The predicted molar refractivity (Wildman–Crippen MR) is 88.8 cm³/mol. The number of amides is 1. The maximum absolute atomic E-state index is 11.9. The molecule has 0 atom stereocenters. The van der Waals surface area contributed by atoms with Gasteiger partial charge in [-0.3, -0.25) is 14.9 Å². The molecule has 2 rings (SSSR count). The van der Waals surface area contributed by atoms with Crippen molar-refractivity contribution in [2.45, 2.75) is 0 Å². The predicted octanol–water partition coefficient (Wildman–Crippen LogP) is 3.91. The lowest BCUT2D eigenvalue weighted by Crippen LogP contribution is -2.07. The van der Waals surface area contributed by atoms with Crippen molar-refractivity contribution in [2.24, 2.45) is 0 Å². The van der Waals surface area contributed by atoms with Crippen molar-refractivity contribution in [3.8, 4) is 5.75 Å². The summed E-state index contributed by atoms with van der Waals surface area (Å²) in [5, 5.41) is 13.8. The van der Waals surface area contributed by atoms with Gasteiger partial charge in [-0.2, -0.15) is 0 Å². The fraction of sp³-hybridized carbons (Fsp3) is 0.0625. The number of nitro groups is 1. The highest BCUT2D eigenvalue weighted by Gasteiger charge is 2.07. The molecule has 0 fully saturated rings. The summed E-state index contributed by atoms with van der Waals surface area (Å²) in [6.45, 7) is 0. The number of hydrogen-bond donors (Lipinski definition) is 1. The summed E-state index contributed by atoms with van der Waals surface area (Å²) in [5.41, 5.74) is 0.893. The van der Waals surface area contributed by atoms with Gasteiger partial charge in [0.25, 0.3) is 5.69 Å². The number of ether oxygens (including phenoxy) is 1. The molecular weight excluding hydrogens is 320 g/mol. The van der Waals surface area contributed by atoms with Crippen LogP contribution in [0.5, 0.6) is 5.75 Å². The molecule has 2 aromatic rings. The maximum Gasteiger partial charge on any atom is 0.271 e. The summed E-state index contributed by atoms with van der Waals surface area (Å²) >= 11 is 5.91. The number of carbonyl (C=O) groups excluding carboxylic acids is 1. The number of non-ortho nitro benzene ring substituents is 1. The first kappa shape index (κ1) is 16.5. The molecule has 2 aromatic carbocycles. The number of anilines is 1. The minimum absolute atomic E-state index is 0.0942. The van der Waals surface area contributed by atoms with Crippen LogP contribution < -0.4 is 10.1 Å². The molecule has 118 valence electrons. The van der Waals surface area contributed by atoms with E-state index in [0.29, 0.717) is 22.0 Å². The SMILES string of the molecule is COc1ccc(Cl)cc1/C=C/C(=O)Nc1cccc([N+](=O)[O-])c1. The van der Waals surface area contributed by atoms with Gasteiger partial charge in [0, 0.05) is 34.5 Å². The molecule has 0 saturated carbocycles. The molecule has 23 heavy (non-hydrogen) atoms. The topological polar surface area (TPSA) is 81.5 Å². The highest BCUT2D eigenvalue weighted by Crippen LogP contribution is 2.24. The van der Waals surface area contributed by atoms with Crippen LogP contribution >= 0.6 is 11.6 Å². The van der Waals surface area contributed by atoms with Gasteiger partial charge in [-0.15, -0.1) is 0 Å². The van der Waals surface area contributed by atoms with Crippen LogP contribution in [0.1, 0.15) is 5.56 Å². The molecule has 0 aliphatic heterocycles. The van der Waals surface area contributed by atoms with Gasteiger partial charge in [-0.25, -0.2) is 0 Å². The lowest BCUT2D eigenvalue weighted by atomic mass is 10.2. The van der Waals surface area contributed by atoms with E-state index in [2.05, 4.69) is 5.32 Å². The van der Waals surface area contributed by atoms with Crippen molar-refractivity contribution in [1.82, 2.24) is 0 Å². The number of rotatable bonds is 5. The Balaban J connectivity index is 2.12. The van der Waals surface area contributed by atoms with Crippen LogP contribution in [0.25, 0.3) is 6.08 Å². The Hall–Kier alpha value is -2.86. The quantitative estimate of drug-likeness (QED) is 0.511. The van der Waals surface area contributed by atoms with Gasteiger partial charge in [0.05, 0.1) is 12.0 Å². The summed E-state index contributed by atoms with van der Waals surface area (Å²) in [4.78, 5) is 22.1. The molecule has 1 amide bonds. The molecule has 0 saturated heterocycles. The molecule has 0 heterocycles. The lowest BCUT2D eigenvalue weighted by Gasteiger charge is -2.05. The Morgan fingerprint density at radius 2 is 2.09 bits per heavy atom. The molecule has 0 unspecified atom stereocenters. The number of carbonyl (C=O) groups is 1. The van der Waals surface area contributed by atoms with Crippen LogP contribution in [0.15, 0.2) is 48.5 Å². The minimum Gasteiger partial charge on any atom is -0.496 e. The lowest BCUT2D eigenvalue weighted by molar-refractivity contribution is -0.384. The number of nitrogens with one attached hydrogen (secondary N) is 1. The average Bonchev–Trinajstić information content (AvgIpc) is 2.53. The van der Waals surface area contributed by atoms with Crippen LogP contribution in [0.3, 0.4) is 0 Å². The zero-order valence-corrected chi connectivity index (χ0v) is 12.9. The average molecular weight is 333 g/mol. The van der Waals surface area contributed by atoms with Gasteiger partial charge < -0.3 is 10.1 Å². The molecule has 0 aromatic heterocycles. The van der Waals surface area contributed by atoms with E-state index in [1.807, 2.05) is 0 Å².